The number of thiazole rings is 1. The van der Waals surface area contributed by atoms with Gasteiger partial charge in [-0.1, -0.05) is 55.3 Å². The fourth-order valence-electron chi connectivity index (χ4n) is 4.34. The molecule has 7 nitrogen and oxygen atoms in total. The second-order valence-electron chi connectivity index (χ2n) is 8.74. The number of carbonyl (C=O) groups excluding carboxylic acids is 1. The molecule has 1 saturated carbocycles. The normalized spacial score (nSPS) is 15.4. The van der Waals surface area contributed by atoms with Crippen molar-refractivity contribution < 1.29 is 4.79 Å². The van der Waals surface area contributed by atoms with Gasteiger partial charge in [-0.25, -0.2) is 9.66 Å². The van der Waals surface area contributed by atoms with Gasteiger partial charge in [0.2, 0.25) is 11.1 Å². The van der Waals surface area contributed by atoms with Crippen LogP contribution >= 0.6 is 23.1 Å². The Hall–Kier alpha value is -2.91. The van der Waals surface area contributed by atoms with Crippen LogP contribution in [0.2, 0.25) is 0 Å². The molecule has 2 aromatic carbocycles. The van der Waals surface area contributed by atoms with Crippen molar-refractivity contribution in [2.45, 2.75) is 61.8 Å². The Morgan fingerprint density at radius 2 is 1.91 bits per heavy atom. The number of thioether (sulfide) groups is 1. The minimum atomic E-state index is -0.354. The fourth-order valence-corrected chi connectivity index (χ4v) is 6.12. The minimum absolute atomic E-state index is 0.0915. The summed E-state index contributed by atoms with van der Waals surface area (Å²) in [5.74, 6) is 7.38. The lowest BCUT2D eigenvalue weighted by atomic mass is 9.89. The van der Waals surface area contributed by atoms with Crippen molar-refractivity contribution in [3.05, 3.63) is 64.9 Å². The predicted molar refractivity (Wildman–Crippen MR) is 139 cm³/mol. The van der Waals surface area contributed by atoms with Gasteiger partial charge in [-0.2, -0.15) is 0 Å². The van der Waals surface area contributed by atoms with E-state index in [1.54, 1.807) is 16.0 Å². The first kappa shape index (κ1) is 22.9. The number of nitrogen functional groups attached to an aromatic ring is 1. The summed E-state index contributed by atoms with van der Waals surface area (Å²) in [6, 6.07) is 16.1. The number of rotatable bonds is 7. The van der Waals surface area contributed by atoms with E-state index >= 15 is 0 Å². The average molecular weight is 493 g/mol. The first-order valence-electron chi connectivity index (χ1n) is 11.7. The molecule has 9 heteroatoms. The van der Waals surface area contributed by atoms with E-state index in [1.165, 1.54) is 35.7 Å². The lowest BCUT2D eigenvalue weighted by molar-refractivity contribution is -0.115. The Kier molecular flexibility index (Phi) is 6.82. The van der Waals surface area contributed by atoms with E-state index in [9.17, 15) is 4.79 Å². The van der Waals surface area contributed by atoms with Crippen LogP contribution in [0.4, 0.5) is 5.69 Å². The van der Waals surface area contributed by atoms with Gasteiger partial charge in [0.05, 0.1) is 20.5 Å². The third-order valence-corrected chi connectivity index (χ3v) is 8.32. The molecule has 1 aliphatic rings. The van der Waals surface area contributed by atoms with E-state index in [4.69, 9.17) is 10.8 Å². The standard InChI is InChI=1S/C25H28N6OS2/c1-16(33-25-30-29-23(31(25)26)18-7-3-2-4-8-18)24(32)27-19-13-11-17(12-14-19)15-22-28-20-9-5-6-10-21(20)34-22/h5-6,9-14,16,18H,2-4,7-8,15,26H2,1H3,(H,27,32)/t16-/m1/s1. The Balaban J connectivity index is 1.17. The zero-order valence-electron chi connectivity index (χ0n) is 19.1. The van der Waals surface area contributed by atoms with Crippen molar-refractivity contribution in [2.75, 3.05) is 11.2 Å². The molecule has 1 amide bonds. The molecule has 0 saturated heterocycles. The van der Waals surface area contributed by atoms with Crippen LogP contribution < -0.4 is 11.2 Å². The van der Waals surface area contributed by atoms with E-state index < -0.39 is 0 Å². The second-order valence-corrected chi connectivity index (χ2v) is 11.2. The summed E-state index contributed by atoms with van der Waals surface area (Å²) in [5, 5.41) is 12.9. The Morgan fingerprint density at radius 1 is 1.15 bits per heavy atom. The molecule has 1 atom stereocenters. The van der Waals surface area contributed by atoms with Crippen LogP contribution in [0, 0.1) is 0 Å². The number of nitrogens with zero attached hydrogens (tertiary/aromatic N) is 4. The number of nitrogens with two attached hydrogens (primary N) is 1. The molecule has 0 unspecified atom stereocenters. The van der Waals surface area contributed by atoms with Gasteiger partial charge in [-0.15, -0.1) is 21.5 Å². The third kappa shape index (κ3) is 5.10. The van der Waals surface area contributed by atoms with E-state index in [-0.39, 0.29) is 11.2 Å². The predicted octanol–water partition coefficient (Wildman–Crippen LogP) is 5.36. The highest BCUT2D eigenvalue weighted by atomic mass is 32.2. The van der Waals surface area contributed by atoms with Gasteiger partial charge in [-0.3, -0.25) is 4.79 Å². The van der Waals surface area contributed by atoms with Gasteiger partial charge in [0.1, 0.15) is 0 Å². The number of amides is 1. The summed E-state index contributed by atoms with van der Waals surface area (Å²) in [5.41, 5.74) is 2.96. The fraction of sp³-hybridized carbons (Fsp3) is 0.360. The van der Waals surface area contributed by atoms with E-state index in [0.29, 0.717) is 11.1 Å². The highest BCUT2D eigenvalue weighted by molar-refractivity contribution is 8.00. The summed E-state index contributed by atoms with van der Waals surface area (Å²) in [4.78, 5) is 17.5. The quantitative estimate of drug-likeness (QED) is 0.266. The largest absolute Gasteiger partial charge is 0.336 e. The Bertz CT molecular complexity index is 1240. The van der Waals surface area contributed by atoms with Gasteiger partial charge >= 0.3 is 0 Å². The number of nitrogens with one attached hydrogen (secondary N) is 1. The van der Waals surface area contributed by atoms with Crippen LogP contribution in [0.3, 0.4) is 0 Å². The molecule has 4 aromatic rings. The highest BCUT2D eigenvalue weighted by Crippen LogP contribution is 2.33. The topological polar surface area (TPSA) is 98.7 Å². The number of fused-ring (bicyclic) bond motifs is 1. The number of para-hydroxylation sites is 1. The SMILES string of the molecule is C[C@@H](Sc1nnc(C2CCCCC2)n1N)C(=O)Nc1ccc(Cc2nc3ccccc3s2)cc1. The maximum absolute atomic E-state index is 12.8. The molecule has 0 aliphatic heterocycles. The summed E-state index contributed by atoms with van der Waals surface area (Å²) in [7, 11) is 0. The number of hydrogen-bond acceptors (Lipinski definition) is 7. The van der Waals surface area contributed by atoms with Gasteiger partial charge < -0.3 is 11.2 Å². The first-order chi connectivity index (χ1) is 16.6. The molecule has 2 aromatic heterocycles. The second kappa shape index (κ2) is 10.1. The molecule has 1 fully saturated rings. The lowest BCUT2D eigenvalue weighted by Crippen LogP contribution is -2.24. The monoisotopic (exact) mass is 492 g/mol. The van der Waals surface area contributed by atoms with Crippen molar-refractivity contribution in [1.29, 1.82) is 0 Å². The zero-order chi connectivity index (χ0) is 23.5. The Labute approximate surface area is 207 Å². The molecule has 0 spiro atoms. The number of carbonyl (C=O) groups is 1. The summed E-state index contributed by atoms with van der Waals surface area (Å²) < 4.78 is 2.77. The molecule has 5 rings (SSSR count). The summed E-state index contributed by atoms with van der Waals surface area (Å²) >= 11 is 3.05. The first-order valence-corrected chi connectivity index (χ1v) is 13.4. The zero-order valence-corrected chi connectivity index (χ0v) is 20.7. The van der Waals surface area contributed by atoms with Crippen molar-refractivity contribution in [3.8, 4) is 0 Å². The van der Waals surface area contributed by atoms with Gasteiger partial charge in [0, 0.05) is 18.0 Å². The molecule has 34 heavy (non-hydrogen) atoms. The minimum Gasteiger partial charge on any atom is -0.336 e. The van der Waals surface area contributed by atoms with Crippen LogP contribution in [0.25, 0.3) is 10.2 Å². The summed E-state index contributed by atoms with van der Waals surface area (Å²) in [6.45, 7) is 1.86. The van der Waals surface area contributed by atoms with Gasteiger partial charge in [0.25, 0.3) is 0 Å². The van der Waals surface area contributed by atoms with E-state index in [1.807, 2.05) is 49.4 Å². The Morgan fingerprint density at radius 3 is 2.68 bits per heavy atom. The van der Waals surface area contributed by atoms with Crippen LogP contribution in [0.1, 0.15) is 61.3 Å². The van der Waals surface area contributed by atoms with Crippen molar-refractivity contribution in [2.24, 2.45) is 0 Å². The van der Waals surface area contributed by atoms with E-state index in [0.717, 1.165) is 46.9 Å². The smallest absolute Gasteiger partial charge is 0.237 e. The van der Waals surface area contributed by atoms with Crippen molar-refractivity contribution in [1.82, 2.24) is 19.9 Å². The molecular weight excluding hydrogens is 464 g/mol. The van der Waals surface area contributed by atoms with Crippen LogP contribution in [-0.4, -0.2) is 31.0 Å². The molecule has 3 N–H and O–H groups in total. The number of anilines is 1. The average Bonchev–Trinajstić information content (AvgIpc) is 3.43. The lowest BCUT2D eigenvalue weighted by Gasteiger charge is -2.20. The van der Waals surface area contributed by atoms with Crippen LogP contribution in [-0.2, 0) is 11.2 Å². The third-order valence-electron chi connectivity index (χ3n) is 6.23. The number of hydrogen-bond donors (Lipinski definition) is 2. The van der Waals surface area contributed by atoms with Crippen LogP contribution in [0.5, 0.6) is 0 Å². The molecule has 0 bridgehead atoms. The molecule has 176 valence electrons. The molecular formula is C25H28N6OS2. The van der Waals surface area contributed by atoms with Crippen molar-refractivity contribution in [3.63, 3.8) is 0 Å². The van der Waals surface area contributed by atoms with Crippen molar-refractivity contribution >= 4 is 44.9 Å². The number of aromatic nitrogens is 4. The van der Waals surface area contributed by atoms with E-state index in [2.05, 4.69) is 21.6 Å². The highest BCUT2D eigenvalue weighted by Gasteiger charge is 2.24. The maximum Gasteiger partial charge on any atom is 0.237 e. The molecule has 0 radical (unpaired) electrons. The summed E-state index contributed by atoms with van der Waals surface area (Å²) in [6.07, 6.45) is 6.67. The molecule has 2 heterocycles. The number of benzene rings is 2. The van der Waals surface area contributed by atoms with Gasteiger partial charge in [-0.05, 0) is 49.6 Å². The molecule has 1 aliphatic carbocycles. The van der Waals surface area contributed by atoms with Crippen LogP contribution in [0.15, 0.2) is 53.7 Å². The van der Waals surface area contributed by atoms with Gasteiger partial charge in [0.15, 0.2) is 5.82 Å². The maximum atomic E-state index is 12.8.